The number of aryl methyl sites for hydroxylation is 1. The van der Waals surface area contributed by atoms with E-state index in [4.69, 9.17) is 9.84 Å². The number of anilines is 1. The Labute approximate surface area is 109 Å². The molecule has 1 rings (SSSR count). The third-order valence-electron chi connectivity index (χ3n) is 2.42. The van der Waals surface area contributed by atoms with Gasteiger partial charge in [-0.05, 0) is 33.1 Å². The summed E-state index contributed by atoms with van der Waals surface area (Å²) in [6, 6.07) is 1.82. The second-order valence-electron chi connectivity index (χ2n) is 4.84. The molecule has 1 atom stereocenters. The van der Waals surface area contributed by atoms with Crippen molar-refractivity contribution in [2.45, 2.75) is 40.2 Å². The van der Waals surface area contributed by atoms with Gasteiger partial charge in [-0.3, -0.25) is 0 Å². The van der Waals surface area contributed by atoms with Gasteiger partial charge in [0.2, 0.25) is 11.8 Å². The van der Waals surface area contributed by atoms with Crippen LogP contribution in [0.4, 0.5) is 5.95 Å². The standard InChI is InChI=1S/C13H23N3O2/c1-9(2)18-12-7-11(4)15-13(16-12)14-8-10(3)5-6-17/h7,9-10,17H,5-6,8H2,1-4H3,(H,14,15,16). The topological polar surface area (TPSA) is 67.3 Å². The van der Waals surface area contributed by atoms with E-state index in [9.17, 15) is 0 Å². The fourth-order valence-electron chi connectivity index (χ4n) is 1.51. The van der Waals surface area contributed by atoms with Crippen LogP contribution in [0, 0.1) is 12.8 Å². The van der Waals surface area contributed by atoms with Crippen molar-refractivity contribution in [1.29, 1.82) is 0 Å². The molecule has 2 N–H and O–H groups in total. The fraction of sp³-hybridized carbons (Fsp3) is 0.692. The lowest BCUT2D eigenvalue weighted by Crippen LogP contribution is -2.15. The van der Waals surface area contributed by atoms with E-state index in [1.54, 1.807) is 0 Å². The normalized spacial score (nSPS) is 12.6. The molecule has 1 unspecified atom stereocenters. The van der Waals surface area contributed by atoms with Gasteiger partial charge in [-0.15, -0.1) is 0 Å². The maximum atomic E-state index is 8.84. The van der Waals surface area contributed by atoms with E-state index < -0.39 is 0 Å². The first kappa shape index (κ1) is 14.7. The molecule has 0 fully saturated rings. The van der Waals surface area contributed by atoms with Crippen LogP contribution in [0.15, 0.2) is 6.07 Å². The molecule has 0 aliphatic heterocycles. The number of ether oxygens (including phenoxy) is 1. The smallest absolute Gasteiger partial charge is 0.226 e. The Balaban J connectivity index is 2.62. The number of nitrogens with one attached hydrogen (secondary N) is 1. The highest BCUT2D eigenvalue weighted by Gasteiger charge is 2.06. The minimum absolute atomic E-state index is 0.0977. The second kappa shape index (κ2) is 7.16. The number of nitrogens with zero attached hydrogens (tertiary/aromatic N) is 2. The Hall–Kier alpha value is -1.36. The highest BCUT2D eigenvalue weighted by Crippen LogP contribution is 2.14. The summed E-state index contributed by atoms with van der Waals surface area (Å²) in [7, 11) is 0. The number of aliphatic hydroxyl groups is 1. The van der Waals surface area contributed by atoms with Crippen molar-refractivity contribution in [3.8, 4) is 5.88 Å². The average Bonchev–Trinajstić information content (AvgIpc) is 2.25. The van der Waals surface area contributed by atoms with Crippen molar-refractivity contribution in [3.63, 3.8) is 0 Å². The Morgan fingerprint density at radius 3 is 2.67 bits per heavy atom. The third kappa shape index (κ3) is 5.31. The summed E-state index contributed by atoms with van der Waals surface area (Å²) >= 11 is 0. The van der Waals surface area contributed by atoms with Gasteiger partial charge in [0.1, 0.15) is 0 Å². The summed E-state index contributed by atoms with van der Waals surface area (Å²) in [5.41, 5.74) is 0.873. The zero-order chi connectivity index (χ0) is 13.5. The Morgan fingerprint density at radius 1 is 1.33 bits per heavy atom. The molecule has 0 radical (unpaired) electrons. The van der Waals surface area contributed by atoms with Gasteiger partial charge in [-0.1, -0.05) is 6.92 Å². The maximum absolute atomic E-state index is 8.84. The van der Waals surface area contributed by atoms with E-state index in [0.29, 0.717) is 17.7 Å². The molecule has 0 aliphatic carbocycles. The summed E-state index contributed by atoms with van der Waals surface area (Å²) in [6.45, 7) is 8.87. The Morgan fingerprint density at radius 2 is 2.06 bits per heavy atom. The van der Waals surface area contributed by atoms with Crippen LogP contribution < -0.4 is 10.1 Å². The van der Waals surface area contributed by atoms with Crippen LogP contribution in [0.1, 0.15) is 32.9 Å². The van der Waals surface area contributed by atoms with Crippen molar-refractivity contribution in [3.05, 3.63) is 11.8 Å². The van der Waals surface area contributed by atoms with E-state index in [-0.39, 0.29) is 12.7 Å². The second-order valence-corrected chi connectivity index (χ2v) is 4.84. The van der Waals surface area contributed by atoms with E-state index in [2.05, 4.69) is 22.2 Å². The minimum Gasteiger partial charge on any atom is -0.475 e. The first-order valence-corrected chi connectivity index (χ1v) is 6.38. The predicted molar refractivity (Wildman–Crippen MR) is 71.9 cm³/mol. The summed E-state index contributed by atoms with van der Waals surface area (Å²) in [5, 5.41) is 12.0. The molecular formula is C13H23N3O2. The molecule has 102 valence electrons. The van der Waals surface area contributed by atoms with Crippen LogP contribution >= 0.6 is 0 Å². The highest BCUT2D eigenvalue weighted by atomic mass is 16.5. The molecule has 0 bridgehead atoms. The number of aliphatic hydroxyl groups excluding tert-OH is 1. The maximum Gasteiger partial charge on any atom is 0.226 e. The van der Waals surface area contributed by atoms with Crippen LogP contribution in [0.25, 0.3) is 0 Å². The highest BCUT2D eigenvalue weighted by molar-refractivity contribution is 5.30. The molecule has 0 saturated heterocycles. The lowest BCUT2D eigenvalue weighted by atomic mass is 10.1. The summed E-state index contributed by atoms with van der Waals surface area (Å²) in [5.74, 6) is 1.55. The van der Waals surface area contributed by atoms with Crippen molar-refractivity contribution in [1.82, 2.24) is 9.97 Å². The molecule has 1 aromatic heterocycles. The largest absolute Gasteiger partial charge is 0.475 e. The van der Waals surface area contributed by atoms with E-state index in [0.717, 1.165) is 18.7 Å². The van der Waals surface area contributed by atoms with Crippen molar-refractivity contribution < 1.29 is 9.84 Å². The molecule has 1 heterocycles. The minimum atomic E-state index is 0.0977. The molecule has 5 nitrogen and oxygen atoms in total. The van der Waals surface area contributed by atoms with Gasteiger partial charge in [0, 0.05) is 24.9 Å². The van der Waals surface area contributed by atoms with Crippen LogP contribution in [-0.2, 0) is 0 Å². The van der Waals surface area contributed by atoms with Crippen LogP contribution in [0.3, 0.4) is 0 Å². The van der Waals surface area contributed by atoms with Crippen molar-refractivity contribution in [2.75, 3.05) is 18.5 Å². The number of hydrogen-bond donors (Lipinski definition) is 2. The lowest BCUT2D eigenvalue weighted by Gasteiger charge is -2.13. The Bertz CT molecular complexity index is 369. The zero-order valence-corrected chi connectivity index (χ0v) is 11.6. The van der Waals surface area contributed by atoms with E-state index in [1.807, 2.05) is 26.8 Å². The quantitative estimate of drug-likeness (QED) is 0.778. The SMILES string of the molecule is Cc1cc(OC(C)C)nc(NCC(C)CCO)n1. The van der Waals surface area contributed by atoms with E-state index in [1.165, 1.54) is 0 Å². The van der Waals surface area contributed by atoms with Crippen molar-refractivity contribution >= 4 is 5.95 Å². The molecule has 0 aliphatic rings. The van der Waals surface area contributed by atoms with Gasteiger partial charge in [0.25, 0.3) is 0 Å². The number of hydrogen-bond acceptors (Lipinski definition) is 5. The summed E-state index contributed by atoms with van der Waals surface area (Å²) < 4.78 is 5.56. The summed E-state index contributed by atoms with van der Waals surface area (Å²) in [4.78, 5) is 8.61. The molecule has 18 heavy (non-hydrogen) atoms. The molecule has 0 aromatic carbocycles. The average molecular weight is 253 g/mol. The van der Waals surface area contributed by atoms with Gasteiger partial charge in [0.15, 0.2) is 0 Å². The summed E-state index contributed by atoms with van der Waals surface area (Å²) in [6.07, 6.45) is 0.870. The van der Waals surface area contributed by atoms with E-state index >= 15 is 0 Å². The number of aromatic nitrogens is 2. The molecule has 0 spiro atoms. The van der Waals surface area contributed by atoms with Crippen molar-refractivity contribution in [2.24, 2.45) is 5.92 Å². The Kier molecular flexibility index (Phi) is 5.85. The lowest BCUT2D eigenvalue weighted by molar-refractivity contribution is 0.232. The van der Waals surface area contributed by atoms with Gasteiger partial charge in [0.05, 0.1) is 6.10 Å². The van der Waals surface area contributed by atoms with Gasteiger partial charge in [-0.25, -0.2) is 4.98 Å². The molecule has 1 aromatic rings. The fourth-order valence-corrected chi connectivity index (χ4v) is 1.51. The molecule has 0 saturated carbocycles. The van der Waals surface area contributed by atoms with Crippen LogP contribution in [-0.4, -0.2) is 34.3 Å². The van der Waals surface area contributed by atoms with Crippen LogP contribution in [0.5, 0.6) is 5.88 Å². The van der Waals surface area contributed by atoms with Gasteiger partial charge in [-0.2, -0.15) is 4.98 Å². The monoisotopic (exact) mass is 253 g/mol. The van der Waals surface area contributed by atoms with Crippen LogP contribution in [0.2, 0.25) is 0 Å². The van der Waals surface area contributed by atoms with Gasteiger partial charge >= 0.3 is 0 Å². The van der Waals surface area contributed by atoms with Gasteiger partial charge < -0.3 is 15.2 Å². The first-order valence-electron chi connectivity index (χ1n) is 6.38. The molecular weight excluding hydrogens is 230 g/mol. The number of rotatable bonds is 7. The molecule has 5 heteroatoms. The predicted octanol–water partition coefficient (Wildman–Crippen LogP) is 2.00. The molecule has 0 amide bonds. The zero-order valence-electron chi connectivity index (χ0n) is 11.6. The first-order chi connectivity index (χ1) is 8.51. The third-order valence-corrected chi connectivity index (χ3v) is 2.42.